The van der Waals surface area contributed by atoms with Gasteiger partial charge >= 0.3 is 0 Å². The summed E-state index contributed by atoms with van der Waals surface area (Å²) in [5, 5.41) is -0.360. The van der Waals surface area contributed by atoms with Crippen molar-refractivity contribution in [3.05, 3.63) is 69.5 Å². The van der Waals surface area contributed by atoms with Crippen molar-refractivity contribution in [3.63, 3.8) is 0 Å². The minimum absolute atomic E-state index is 0.0188. The van der Waals surface area contributed by atoms with Crippen molar-refractivity contribution in [1.82, 2.24) is 4.72 Å². The molecule has 0 saturated heterocycles. The van der Waals surface area contributed by atoms with E-state index in [9.17, 15) is 13.2 Å². The number of ether oxygens (including phenoxy) is 2. The lowest BCUT2D eigenvalue weighted by Gasteiger charge is -2.48. The summed E-state index contributed by atoms with van der Waals surface area (Å²) in [5.41, 5.74) is 3.19. The predicted octanol–water partition coefficient (Wildman–Crippen LogP) is 6.04. The second kappa shape index (κ2) is 11.0. The molecule has 236 valence electrons. The Morgan fingerprint density at radius 3 is 2.70 bits per heavy atom. The average molecular weight is 643 g/mol. The maximum atomic E-state index is 15.8. The highest BCUT2D eigenvalue weighted by atomic mass is 35.5. The fourth-order valence-electron chi connectivity index (χ4n) is 8.44. The number of anilines is 1. The first-order valence-electron chi connectivity index (χ1n) is 15.8. The molecule has 1 unspecified atom stereocenters. The fourth-order valence-corrected chi connectivity index (χ4v) is 10.0. The number of allylic oxidation sites excluding steroid dienone is 1. The molecule has 7 nitrogen and oxygen atoms in total. The average Bonchev–Trinajstić information content (AvgIpc) is 3.09. The van der Waals surface area contributed by atoms with E-state index in [1.165, 1.54) is 11.6 Å². The van der Waals surface area contributed by atoms with Gasteiger partial charge in [-0.15, -0.1) is 0 Å². The van der Waals surface area contributed by atoms with Crippen LogP contribution in [0.4, 0.5) is 10.1 Å². The van der Waals surface area contributed by atoms with E-state index >= 15 is 4.39 Å². The van der Waals surface area contributed by atoms with Crippen LogP contribution in [0, 0.1) is 29.5 Å². The van der Waals surface area contributed by atoms with E-state index in [2.05, 4.69) is 15.7 Å². The van der Waals surface area contributed by atoms with Gasteiger partial charge in [0.1, 0.15) is 11.6 Å². The summed E-state index contributed by atoms with van der Waals surface area (Å²) in [4.78, 5) is 15.7. The SMILES string of the molecule is CO[C@H]1C2=CC(C2)[C@H](C)[C@@H](C)S(=O)(=O)NC(=O)c2ccc3c(c2)N(C[C@@H]2CC[C@H]21)C[C@@]1(CCCc2cc(Cl)cc(F)c21)CO3. The van der Waals surface area contributed by atoms with Gasteiger partial charge in [-0.2, -0.15) is 0 Å². The Bertz CT molecular complexity index is 1650. The first kappa shape index (κ1) is 30.1. The van der Waals surface area contributed by atoms with Gasteiger partial charge in [-0.05, 0) is 111 Å². The van der Waals surface area contributed by atoms with Crippen LogP contribution in [-0.4, -0.2) is 52.5 Å². The number of aryl methyl sites for hydroxylation is 1. The highest BCUT2D eigenvalue weighted by Gasteiger charge is 2.47. The number of benzene rings is 2. The number of hydrogen-bond acceptors (Lipinski definition) is 6. The van der Waals surface area contributed by atoms with Gasteiger partial charge in [-0.3, -0.25) is 4.79 Å². The third-order valence-electron chi connectivity index (χ3n) is 11.3. The second-order valence-corrected chi connectivity index (χ2v) is 16.2. The molecule has 1 amide bonds. The number of amides is 1. The van der Waals surface area contributed by atoms with E-state index in [1.54, 1.807) is 32.2 Å². The van der Waals surface area contributed by atoms with Crippen LogP contribution in [0.25, 0.3) is 0 Å². The zero-order chi connectivity index (χ0) is 31.0. The van der Waals surface area contributed by atoms with Crippen LogP contribution in [0.5, 0.6) is 5.75 Å². The van der Waals surface area contributed by atoms with Crippen molar-refractivity contribution >= 4 is 33.2 Å². The van der Waals surface area contributed by atoms with Gasteiger partial charge in [0.2, 0.25) is 10.0 Å². The summed E-state index contributed by atoms with van der Waals surface area (Å²) in [5.74, 6) is 0.245. The third kappa shape index (κ3) is 4.94. The molecule has 3 aliphatic heterocycles. The quantitative estimate of drug-likeness (QED) is 0.382. The lowest BCUT2D eigenvalue weighted by molar-refractivity contribution is -0.000499. The summed E-state index contributed by atoms with van der Waals surface area (Å²) in [6, 6.07) is 8.37. The Balaban J connectivity index is 1.33. The van der Waals surface area contributed by atoms with Gasteiger partial charge in [0.25, 0.3) is 5.91 Å². The maximum Gasteiger partial charge on any atom is 0.264 e. The highest BCUT2D eigenvalue weighted by Crippen LogP contribution is 2.50. The molecule has 1 spiro atoms. The zero-order valence-electron chi connectivity index (χ0n) is 25.4. The van der Waals surface area contributed by atoms with Crippen molar-refractivity contribution < 1.29 is 27.1 Å². The summed E-state index contributed by atoms with van der Waals surface area (Å²) in [7, 11) is -2.17. The van der Waals surface area contributed by atoms with Crippen LogP contribution in [0.3, 0.4) is 0 Å². The smallest absolute Gasteiger partial charge is 0.264 e. The Morgan fingerprint density at radius 1 is 1.18 bits per heavy atom. The van der Waals surface area contributed by atoms with Crippen molar-refractivity contribution in [1.29, 1.82) is 0 Å². The molecule has 6 aliphatic rings. The van der Waals surface area contributed by atoms with Crippen molar-refractivity contribution in [3.8, 4) is 5.75 Å². The number of carbonyl (C=O) groups is 1. The molecule has 1 N–H and O–H groups in total. The second-order valence-electron chi connectivity index (χ2n) is 13.7. The molecule has 4 bridgehead atoms. The van der Waals surface area contributed by atoms with Gasteiger partial charge < -0.3 is 14.4 Å². The van der Waals surface area contributed by atoms with E-state index in [-0.39, 0.29) is 29.3 Å². The van der Waals surface area contributed by atoms with Crippen LogP contribution in [0.15, 0.2) is 42.0 Å². The number of sulfonamides is 1. The van der Waals surface area contributed by atoms with E-state index < -0.39 is 26.6 Å². The molecule has 0 aromatic heterocycles. The van der Waals surface area contributed by atoms with Crippen LogP contribution in [0.1, 0.15) is 67.4 Å². The number of halogens is 2. The molecule has 2 aromatic carbocycles. The molecule has 0 radical (unpaired) electrons. The normalized spacial score (nSPS) is 34.2. The minimum Gasteiger partial charge on any atom is -0.490 e. The Morgan fingerprint density at radius 2 is 1.98 bits per heavy atom. The summed E-state index contributed by atoms with van der Waals surface area (Å²) >= 11 is 6.28. The summed E-state index contributed by atoms with van der Waals surface area (Å²) in [6.07, 6.45) is 7.46. The topological polar surface area (TPSA) is 84.9 Å². The molecule has 3 heterocycles. The number of carbonyl (C=O) groups excluding carboxylic acids is 1. The van der Waals surface area contributed by atoms with E-state index in [1.807, 2.05) is 13.0 Å². The van der Waals surface area contributed by atoms with Crippen LogP contribution in [0.2, 0.25) is 5.02 Å². The molecule has 1 saturated carbocycles. The molecule has 8 rings (SSSR count). The summed E-state index contributed by atoms with van der Waals surface area (Å²) in [6.45, 7) is 5.11. The molecule has 44 heavy (non-hydrogen) atoms. The Labute approximate surface area is 264 Å². The minimum atomic E-state index is -3.93. The fraction of sp³-hybridized carbons (Fsp3) is 0.559. The molecular weight excluding hydrogens is 603 g/mol. The van der Waals surface area contributed by atoms with E-state index in [0.717, 1.165) is 49.8 Å². The molecule has 10 heteroatoms. The number of rotatable bonds is 1. The monoisotopic (exact) mass is 642 g/mol. The van der Waals surface area contributed by atoms with Gasteiger partial charge in [-0.1, -0.05) is 24.6 Å². The number of nitrogens with zero attached hydrogens (tertiary/aromatic N) is 1. The first-order chi connectivity index (χ1) is 21.0. The number of methoxy groups -OCH3 is 1. The first-order valence-corrected chi connectivity index (χ1v) is 17.7. The van der Waals surface area contributed by atoms with Gasteiger partial charge in [0, 0.05) is 36.3 Å². The third-order valence-corrected chi connectivity index (χ3v) is 13.4. The Hall–Kier alpha value is -2.62. The lowest BCUT2D eigenvalue weighted by Crippen LogP contribution is -2.51. The van der Waals surface area contributed by atoms with Crippen LogP contribution >= 0.6 is 11.6 Å². The van der Waals surface area contributed by atoms with Gasteiger partial charge in [0.15, 0.2) is 0 Å². The predicted molar refractivity (Wildman–Crippen MR) is 168 cm³/mol. The maximum absolute atomic E-state index is 15.8. The molecule has 1 fully saturated rings. The van der Waals surface area contributed by atoms with Crippen molar-refractivity contribution in [2.45, 2.75) is 69.1 Å². The highest BCUT2D eigenvalue weighted by molar-refractivity contribution is 7.90. The number of fused-ring (bicyclic) bond motifs is 6. The molecule has 2 aromatic rings. The van der Waals surface area contributed by atoms with Crippen molar-refractivity contribution in [2.75, 3.05) is 31.7 Å². The lowest BCUT2D eigenvalue weighted by atomic mass is 9.64. The van der Waals surface area contributed by atoms with E-state index in [4.69, 9.17) is 21.1 Å². The molecule has 3 aliphatic carbocycles. The van der Waals surface area contributed by atoms with E-state index in [0.29, 0.717) is 47.9 Å². The van der Waals surface area contributed by atoms with Gasteiger partial charge in [0.05, 0.1) is 29.1 Å². The molecule has 7 atom stereocenters. The summed E-state index contributed by atoms with van der Waals surface area (Å²) < 4.78 is 57.4. The standard InChI is InChI=1S/C34H40ClFN2O5S/c1-19-20(2)44(40,41)37-33(39)22-7-9-30-29(14-22)38(16-23-6-8-27(23)32(42-3)25-11-24(19)12-25)17-34(18-43-30)10-4-5-21-13-26(35)15-28(36)31(21)34/h7,9,11,13-15,19-20,23-24,27,32H,4-6,8,10,12,16-18H2,1-3H3,(H,37,39)/t19-,20-,23+,24?,27-,32+,34+/m1/s1. The molecular formula is C34H40ClFN2O5S. The van der Waals surface area contributed by atoms with Crippen LogP contribution in [-0.2, 0) is 26.6 Å². The largest absolute Gasteiger partial charge is 0.490 e. The number of nitrogens with one attached hydrogen (secondary N) is 1. The number of hydrogen-bond donors (Lipinski definition) is 1. The van der Waals surface area contributed by atoms with Crippen LogP contribution < -0.4 is 14.4 Å². The van der Waals surface area contributed by atoms with Gasteiger partial charge in [-0.25, -0.2) is 17.5 Å². The zero-order valence-corrected chi connectivity index (χ0v) is 27.0. The van der Waals surface area contributed by atoms with Crippen molar-refractivity contribution in [2.24, 2.45) is 23.7 Å². The Kier molecular flexibility index (Phi) is 7.53.